The summed E-state index contributed by atoms with van der Waals surface area (Å²) in [5.74, 6) is 4.75. The number of rotatable bonds is 12. The average molecular weight is 493 g/mol. The van der Waals surface area contributed by atoms with Gasteiger partial charge in [0.05, 0.1) is 48.3 Å². The first-order valence-electron chi connectivity index (χ1n) is 12.3. The van der Waals surface area contributed by atoms with Crippen LogP contribution in [0, 0.1) is 11.8 Å². The van der Waals surface area contributed by atoms with Crippen LogP contribution in [-0.2, 0) is 24.0 Å². The van der Waals surface area contributed by atoms with Crippen molar-refractivity contribution in [3.8, 4) is 28.7 Å². The van der Waals surface area contributed by atoms with Gasteiger partial charge in [-0.2, -0.15) is 0 Å². The lowest BCUT2D eigenvalue weighted by atomic mass is 9.85. The molecule has 1 aliphatic heterocycles. The Balaban J connectivity index is 1.36. The largest absolute Gasteiger partial charge is 0.497 e. The molecule has 0 aromatic heterocycles. The molecule has 0 radical (unpaired) electrons. The molecule has 192 valence electrons. The highest BCUT2D eigenvalue weighted by Crippen LogP contribution is 2.34. The lowest BCUT2D eigenvalue weighted by Crippen LogP contribution is -2.17. The van der Waals surface area contributed by atoms with Crippen molar-refractivity contribution in [1.82, 2.24) is 0 Å². The van der Waals surface area contributed by atoms with Gasteiger partial charge in [-0.1, -0.05) is 24.3 Å². The number of hydrogen-bond acceptors (Lipinski definition) is 6. The summed E-state index contributed by atoms with van der Waals surface area (Å²) in [6.07, 6.45) is 2.66. The van der Waals surface area contributed by atoms with Crippen LogP contribution in [0.15, 0.2) is 60.7 Å². The van der Waals surface area contributed by atoms with E-state index in [1.54, 1.807) is 28.4 Å². The Bertz CT molecular complexity index is 1130. The van der Waals surface area contributed by atoms with E-state index < -0.39 is 0 Å². The van der Waals surface area contributed by atoms with Crippen LogP contribution in [-0.4, -0.2) is 48.3 Å². The quantitative estimate of drug-likeness (QED) is 0.338. The Morgan fingerprint density at radius 2 is 1.25 bits per heavy atom. The second-order valence-electron chi connectivity index (χ2n) is 9.09. The summed E-state index contributed by atoms with van der Waals surface area (Å²) < 4.78 is 33.8. The third kappa shape index (κ3) is 6.43. The van der Waals surface area contributed by atoms with Crippen molar-refractivity contribution in [2.24, 2.45) is 11.8 Å². The molecular formula is C30H36O6. The van der Waals surface area contributed by atoms with E-state index in [0.29, 0.717) is 18.4 Å². The summed E-state index contributed by atoms with van der Waals surface area (Å²) >= 11 is 0. The lowest BCUT2D eigenvalue weighted by Gasteiger charge is -2.19. The molecule has 0 aliphatic carbocycles. The average Bonchev–Trinajstić information content (AvgIpc) is 3.35. The number of benzene rings is 3. The maximum Gasteiger partial charge on any atom is 0.161 e. The van der Waals surface area contributed by atoms with E-state index >= 15 is 0 Å². The zero-order valence-electron chi connectivity index (χ0n) is 21.6. The van der Waals surface area contributed by atoms with E-state index in [2.05, 4.69) is 30.3 Å². The maximum absolute atomic E-state index is 6.06. The van der Waals surface area contributed by atoms with E-state index in [9.17, 15) is 0 Å². The number of ether oxygens (including phenoxy) is 6. The topological polar surface area (TPSA) is 55.4 Å². The first-order chi connectivity index (χ1) is 17.6. The Kier molecular flexibility index (Phi) is 8.95. The van der Waals surface area contributed by atoms with Crippen LogP contribution in [0.4, 0.5) is 0 Å². The molecule has 0 spiro atoms. The van der Waals surface area contributed by atoms with E-state index in [0.717, 1.165) is 61.2 Å². The molecule has 4 rings (SSSR count). The van der Waals surface area contributed by atoms with Crippen molar-refractivity contribution in [3.63, 3.8) is 0 Å². The van der Waals surface area contributed by atoms with Gasteiger partial charge >= 0.3 is 0 Å². The van der Waals surface area contributed by atoms with Crippen LogP contribution in [0.3, 0.4) is 0 Å². The number of methoxy groups -OCH3 is 4. The fraction of sp³-hybridized carbons (Fsp3) is 0.400. The molecule has 0 N–H and O–H groups in total. The molecule has 3 aromatic carbocycles. The summed E-state index contributed by atoms with van der Waals surface area (Å²) in [5, 5.41) is 0. The van der Waals surface area contributed by atoms with Gasteiger partial charge in [0.2, 0.25) is 0 Å². The van der Waals surface area contributed by atoms with Gasteiger partial charge in [0.15, 0.2) is 23.0 Å². The van der Waals surface area contributed by atoms with Crippen LogP contribution >= 0.6 is 0 Å². The fourth-order valence-corrected chi connectivity index (χ4v) is 4.77. The van der Waals surface area contributed by atoms with Crippen LogP contribution in [0.2, 0.25) is 0 Å². The summed E-state index contributed by atoms with van der Waals surface area (Å²) in [6.45, 7) is 2.09. The zero-order chi connectivity index (χ0) is 25.3. The first-order valence-corrected chi connectivity index (χ1v) is 12.3. The standard InChI is InChI=1S/C30H36O6/c1-31-26-7-5-6-21(16-26)12-13-36-28-11-9-23(18-30(28)34-4)15-25-20-35-19-24(25)14-22-8-10-27(32-2)29(17-22)33-3/h5-11,16-18,24-25H,12-15,19-20H2,1-4H3/t24-,25-/m0/s1. The summed E-state index contributed by atoms with van der Waals surface area (Å²) in [5.41, 5.74) is 3.62. The molecule has 6 nitrogen and oxygen atoms in total. The second kappa shape index (κ2) is 12.5. The van der Waals surface area contributed by atoms with Crippen molar-refractivity contribution in [2.45, 2.75) is 19.3 Å². The summed E-state index contributed by atoms with van der Waals surface area (Å²) in [6, 6.07) is 20.4. The second-order valence-corrected chi connectivity index (χ2v) is 9.09. The molecule has 3 aromatic rings. The van der Waals surface area contributed by atoms with Gasteiger partial charge in [-0.25, -0.2) is 0 Å². The molecule has 36 heavy (non-hydrogen) atoms. The van der Waals surface area contributed by atoms with Crippen LogP contribution in [0.25, 0.3) is 0 Å². The van der Waals surface area contributed by atoms with Crippen LogP contribution in [0.1, 0.15) is 16.7 Å². The van der Waals surface area contributed by atoms with Gasteiger partial charge < -0.3 is 28.4 Å². The minimum absolute atomic E-state index is 0.433. The molecule has 2 atom stereocenters. The van der Waals surface area contributed by atoms with Crippen molar-refractivity contribution in [3.05, 3.63) is 77.4 Å². The Labute approximate surface area is 214 Å². The predicted octanol–water partition coefficient (Wildman–Crippen LogP) is 5.39. The highest BCUT2D eigenvalue weighted by Gasteiger charge is 2.29. The van der Waals surface area contributed by atoms with E-state index in [1.165, 1.54) is 16.7 Å². The molecular weight excluding hydrogens is 456 g/mol. The van der Waals surface area contributed by atoms with Crippen LogP contribution in [0.5, 0.6) is 28.7 Å². The van der Waals surface area contributed by atoms with E-state index in [-0.39, 0.29) is 0 Å². The SMILES string of the molecule is COc1cccc(CCOc2ccc(C[C@H]3COC[C@@H]3Cc3ccc(OC)c(OC)c3)cc2OC)c1. The molecule has 0 unspecified atom stereocenters. The normalized spacial score (nSPS) is 17.0. The third-order valence-electron chi connectivity index (χ3n) is 6.78. The monoisotopic (exact) mass is 492 g/mol. The summed E-state index contributed by atoms with van der Waals surface area (Å²) in [7, 11) is 6.69. The maximum atomic E-state index is 6.06. The molecule has 0 bridgehead atoms. The van der Waals surface area contributed by atoms with Gasteiger partial charge in [0, 0.05) is 6.42 Å². The smallest absolute Gasteiger partial charge is 0.161 e. The summed E-state index contributed by atoms with van der Waals surface area (Å²) in [4.78, 5) is 0. The molecule has 0 saturated carbocycles. The van der Waals surface area contributed by atoms with Gasteiger partial charge in [-0.3, -0.25) is 0 Å². The molecule has 1 heterocycles. The van der Waals surface area contributed by atoms with E-state index in [4.69, 9.17) is 28.4 Å². The van der Waals surface area contributed by atoms with Crippen molar-refractivity contribution < 1.29 is 28.4 Å². The van der Waals surface area contributed by atoms with Gasteiger partial charge in [0.25, 0.3) is 0 Å². The van der Waals surface area contributed by atoms with Gasteiger partial charge in [0.1, 0.15) is 5.75 Å². The van der Waals surface area contributed by atoms with Gasteiger partial charge in [-0.15, -0.1) is 0 Å². The van der Waals surface area contributed by atoms with Crippen LogP contribution < -0.4 is 23.7 Å². The lowest BCUT2D eigenvalue weighted by molar-refractivity contribution is 0.180. The molecule has 1 aliphatic rings. The molecule has 1 fully saturated rings. The predicted molar refractivity (Wildman–Crippen MR) is 140 cm³/mol. The molecule has 6 heteroatoms. The minimum atomic E-state index is 0.433. The zero-order valence-corrected chi connectivity index (χ0v) is 21.6. The van der Waals surface area contributed by atoms with Gasteiger partial charge in [-0.05, 0) is 77.8 Å². The fourth-order valence-electron chi connectivity index (χ4n) is 4.77. The van der Waals surface area contributed by atoms with E-state index in [1.807, 2.05) is 30.3 Å². The Morgan fingerprint density at radius 1 is 0.639 bits per heavy atom. The Morgan fingerprint density at radius 3 is 1.86 bits per heavy atom. The van der Waals surface area contributed by atoms with Crippen molar-refractivity contribution in [2.75, 3.05) is 48.3 Å². The Hall–Kier alpha value is -3.38. The molecule has 1 saturated heterocycles. The molecule has 0 amide bonds. The highest BCUT2D eigenvalue weighted by atomic mass is 16.5. The first kappa shape index (κ1) is 25.7. The minimum Gasteiger partial charge on any atom is -0.497 e. The third-order valence-corrected chi connectivity index (χ3v) is 6.78. The van der Waals surface area contributed by atoms with Crippen molar-refractivity contribution >= 4 is 0 Å². The highest BCUT2D eigenvalue weighted by molar-refractivity contribution is 5.44. The van der Waals surface area contributed by atoms with Crippen molar-refractivity contribution in [1.29, 1.82) is 0 Å². The number of hydrogen-bond donors (Lipinski definition) is 0.